The zero-order valence-corrected chi connectivity index (χ0v) is 8.11. The first kappa shape index (κ1) is 9.82. The van der Waals surface area contributed by atoms with Gasteiger partial charge in [-0.25, -0.2) is 0 Å². The number of thiocarbonyl (C=S) groups is 1. The first-order valence-electron chi connectivity index (χ1n) is 3.38. The summed E-state index contributed by atoms with van der Waals surface area (Å²) < 4.78 is 0.0873. The highest BCUT2D eigenvalue weighted by Gasteiger charge is 2.02. The van der Waals surface area contributed by atoms with E-state index < -0.39 is 0 Å². The van der Waals surface area contributed by atoms with Crippen molar-refractivity contribution in [1.29, 1.82) is 0 Å². The topological polar surface area (TPSA) is 54.0 Å². The first-order chi connectivity index (χ1) is 6.20. The maximum Gasteiger partial charge on any atom is 0.288 e. The van der Waals surface area contributed by atoms with Gasteiger partial charge in [-0.2, -0.15) is 0 Å². The quantitative estimate of drug-likeness (QED) is 0.394. The largest absolute Gasteiger partial charge is 0.410 e. The Morgan fingerprint density at radius 1 is 1.46 bits per heavy atom. The minimum atomic E-state index is -0.368. The normalized spacial score (nSPS) is 8.92. The molecule has 68 valence electrons. The molecule has 4 nitrogen and oxygen atoms in total. The van der Waals surface area contributed by atoms with Gasteiger partial charge in [0.15, 0.2) is 0 Å². The third-order valence-corrected chi connectivity index (χ3v) is 1.38. The molecule has 2 N–H and O–H groups in total. The number of amides is 1. The van der Waals surface area contributed by atoms with E-state index in [9.17, 15) is 4.79 Å². The number of carbonyl (C=O) groups excluding carboxylic acids is 1. The van der Waals surface area contributed by atoms with Crippen LogP contribution in [0, 0.1) is 0 Å². The van der Waals surface area contributed by atoms with Crippen molar-refractivity contribution in [3.05, 3.63) is 30.1 Å². The van der Waals surface area contributed by atoms with Gasteiger partial charge in [-0.1, -0.05) is 6.07 Å². The lowest BCUT2D eigenvalue weighted by atomic mass is 10.3. The summed E-state index contributed by atoms with van der Waals surface area (Å²) in [5.41, 5.74) is 4.96. The fraction of sp³-hybridized carbons (Fsp3) is 0. The van der Waals surface area contributed by atoms with Crippen LogP contribution in [0.5, 0.6) is 0 Å². The highest BCUT2D eigenvalue weighted by atomic mass is 32.1. The van der Waals surface area contributed by atoms with Crippen molar-refractivity contribution in [2.45, 2.75) is 0 Å². The molecule has 1 amide bonds. The average molecular weight is 212 g/mol. The molecule has 0 bridgehead atoms. The second-order valence-corrected chi connectivity index (χ2v) is 3.16. The van der Waals surface area contributed by atoms with Crippen LogP contribution >= 0.6 is 12.2 Å². The molecular formula is C7H6N3OS2-. The first-order valence-corrected chi connectivity index (χ1v) is 4.20. The van der Waals surface area contributed by atoms with Crippen molar-refractivity contribution < 1.29 is 4.79 Å². The van der Waals surface area contributed by atoms with Crippen molar-refractivity contribution in [3.63, 3.8) is 0 Å². The van der Waals surface area contributed by atoms with E-state index in [4.69, 9.17) is 0 Å². The lowest BCUT2D eigenvalue weighted by molar-refractivity contribution is 0.0939. The van der Waals surface area contributed by atoms with Crippen molar-refractivity contribution in [2.75, 3.05) is 0 Å². The summed E-state index contributed by atoms with van der Waals surface area (Å²) in [5.74, 6) is -0.368. The van der Waals surface area contributed by atoms with Crippen molar-refractivity contribution in [1.82, 2.24) is 15.8 Å². The number of nitrogens with one attached hydrogen (secondary N) is 2. The zero-order chi connectivity index (χ0) is 9.68. The van der Waals surface area contributed by atoms with Gasteiger partial charge in [0, 0.05) is 6.20 Å². The van der Waals surface area contributed by atoms with Gasteiger partial charge in [0.05, 0.1) is 0 Å². The van der Waals surface area contributed by atoms with Crippen molar-refractivity contribution >= 4 is 35.1 Å². The summed E-state index contributed by atoms with van der Waals surface area (Å²) in [7, 11) is 0. The molecule has 0 atom stereocenters. The molecule has 1 aromatic heterocycles. The van der Waals surface area contributed by atoms with Crippen molar-refractivity contribution in [2.24, 2.45) is 0 Å². The lowest BCUT2D eigenvalue weighted by Crippen LogP contribution is -2.40. The molecule has 0 fully saturated rings. The summed E-state index contributed by atoms with van der Waals surface area (Å²) in [6.45, 7) is 0. The molecule has 1 heterocycles. The predicted molar refractivity (Wildman–Crippen MR) is 54.8 cm³/mol. The molecule has 0 spiro atoms. The Balaban J connectivity index is 2.54. The maximum atomic E-state index is 11.2. The van der Waals surface area contributed by atoms with Crippen LogP contribution in [-0.2, 0) is 12.6 Å². The molecule has 1 rings (SSSR count). The predicted octanol–water partition coefficient (Wildman–Crippen LogP) is 0.148. The molecule has 1 aromatic rings. The van der Waals surface area contributed by atoms with Crippen LogP contribution in [0.25, 0.3) is 0 Å². The highest BCUT2D eigenvalue weighted by Crippen LogP contribution is 1.91. The van der Waals surface area contributed by atoms with Gasteiger partial charge in [0.1, 0.15) is 5.69 Å². The smallest absolute Gasteiger partial charge is 0.288 e. The summed E-state index contributed by atoms with van der Waals surface area (Å²) in [6.07, 6.45) is 1.53. The Labute approximate surface area is 86.1 Å². The van der Waals surface area contributed by atoms with Crippen LogP contribution in [0.1, 0.15) is 10.5 Å². The Kier molecular flexibility index (Phi) is 3.53. The molecule has 0 saturated heterocycles. The molecule has 0 radical (unpaired) electrons. The summed E-state index contributed by atoms with van der Waals surface area (Å²) in [4.78, 5) is 15.0. The third kappa shape index (κ3) is 3.30. The van der Waals surface area contributed by atoms with E-state index >= 15 is 0 Å². The fourth-order valence-corrected chi connectivity index (χ4v) is 0.771. The molecule has 0 aliphatic rings. The number of aromatic nitrogens is 1. The van der Waals surface area contributed by atoms with Crippen LogP contribution in [0.4, 0.5) is 0 Å². The molecule has 13 heavy (non-hydrogen) atoms. The number of nitrogens with zero attached hydrogens (tertiary/aromatic N) is 1. The number of carbonyl (C=O) groups is 1. The van der Waals surface area contributed by atoms with E-state index in [1.165, 1.54) is 6.20 Å². The van der Waals surface area contributed by atoms with E-state index in [2.05, 4.69) is 40.7 Å². The van der Waals surface area contributed by atoms with Gasteiger partial charge in [0.25, 0.3) is 5.91 Å². The second kappa shape index (κ2) is 4.68. The van der Waals surface area contributed by atoms with E-state index in [0.717, 1.165) is 0 Å². The molecule has 0 unspecified atom stereocenters. The van der Waals surface area contributed by atoms with E-state index in [0.29, 0.717) is 5.69 Å². The van der Waals surface area contributed by atoms with Crippen molar-refractivity contribution in [3.8, 4) is 0 Å². The number of rotatable bonds is 1. The van der Waals surface area contributed by atoms with Gasteiger partial charge in [-0.3, -0.25) is 15.2 Å². The van der Waals surface area contributed by atoms with Gasteiger partial charge < -0.3 is 30.3 Å². The molecule has 0 aliphatic carbocycles. The fourth-order valence-electron chi connectivity index (χ4n) is 0.669. The van der Waals surface area contributed by atoms with Crippen LogP contribution in [0.2, 0.25) is 0 Å². The van der Waals surface area contributed by atoms with E-state index in [1.807, 2.05) is 0 Å². The minimum Gasteiger partial charge on any atom is -0.410 e. The Hall–Kier alpha value is -1.27. The van der Waals surface area contributed by atoms with E-state index in [1.54, 1.807) is 18.2 Å². The summed E-state index contributed by atoms with van der Waals surface area (Å²) >= 11 is 9.06. The highest BCUT2D eigenvalue weighted by molar-refractivity contribution is 8.00. The van der Waals surface area contributed by atoms with Crippen LogP contribution < -0.4 is 10.9 Å². The number of hydrazine groups is 1. The van der Waals surface area contributed by atoms with Crippen LogP contribution in [-0.4, -0.2) is 15.2 Å². The summed E-state index contributed by atoms with van der Waals surface area (Å²) in [5, 5.41) is 0. The summed E-state index contributed by atoms with van der Waals surface area (Å²) in [6, 6.07) is 5.03. The SMILES string of the molecule is O=C(NNC(=S)[S-])c1ccccn1. The lowest BCUT2D eigenvalue weighted by Gasteiger charge is -2.09. The zero-order valence-electron chi connectivity index (χ0n) is 6.48. The van der Waals surface area contributed by atoms with Gasteiger partial charge in [-0.15, -0.1) is 0 Å². The second-order valence-electron chi connectivity index (χ2n) is 2.08. The molecule has 6 heteroatoms. The number of pyridine rings is 1. The van der Waals surface area contributed by atoms with Crippen LogP contribution in [0.15, 0.2) is 24.4 Å². The Morgan fingerprint density at radius 2 is 2.23 bits per heavy atom. The standard InChI is InChI=1S/C7H7N3OS2/c11-6(9-10-7(12)13)5-3-1-2-4-8-5/h1-4H,(H,9,11)(H2,10,12,13)/p-1. The van der Waals surface area contributed by atoms with Crippen LogP contribution in [0.3, 0.4) is 0 Å². The Morgan fingerprint density at radius 3 is 2.77 bits per heavy atom. The van der Waals surface area contributed by atoms with Gasteiger partial charge in [0.2, 0.25) is 0 Å². The molecule has 0 saturated carbocycles. The average Bonchev–Trinajstić information content (AvgIpc) is 2.15. The van der Waals surface area contributed by atoms with Gasteiger partial charge in [-0.05, 0) is 16.5 Å². The van der Waals surface area contributed by atoms with Gasteiger partial charge >= 0.3 is 0 Å². The molecule has 0 aliphatic heterocycles. The number of hydrogen-bond donors (Lipinski definition) is 2. The van der Waals surface area contributed by atoms with E-state index in [-0.39, 0.29) is 10.2 Å². The maximum absolute atomic E-state index is 11.2. The minimum absolute atomic E-state index is 0.0873. The third-order valence-electron chi connectivity index (χ3n) is 1.18. The molecule has 0 aromatic carbocycles. The Bertz CT molecular complexity index is 315. The molecular weight excluding hydrogens is 206 g/mol. The monoisotopic (exact) mass is 212 g/mol. The number of hydrogen-bond acceptors (Lipinski definition) is 4.